The lowest BCUT2D eigenvalue weighted by molar-refractivity contribution is 0.0944. The number of carbonyl (C=O) groups is 1. The van der Waals surface area contributed by atoms with E-state index in [2.05, 4.69) is 55.1 Å². The molecule has 0 aliphatic rings. The van der Waals surface area contributed by atoms with Gasteiger partial charge in [0, 0.05) is 12.2 Å². The molecule has 0 unspecified atom stereocenters. The zero-order chi connectivity index (χ0) is 20.3. The number of benzene rings is 1. The number of nitrogens with zero attached hydrogens (tertiary/aromatic N) is 5. The van der Waals surface area contributed by atoms with Crippen molar-refractivity contribution in [2.75, 3.05) is 0 Å². The summed E-state index contributed by atoms with van der Waals surface area (Å²) in [6.45, 7) is 11.5. The fourth-order valence-electron chi connectivity index (χ4n) is 3.09. The summed E-state index contributed by atoms with van der Waals surface area (Å²) in [6, 6.07) is 9.90. The lowest BCUT2D eigenvalue weighted by Gasteiger charge is -2.23. The molecule has 1 N–H and O–H groups in total. The van der Waals surface area contributed by atoms with E-state index in [4.69, 9.17) is 0 Å². The van der Waals surface area contributed by atoms with E-state index in [0.29, 0.717) is 18.8 Å². The van der Waals surface area contributed by atoms with Gasteiger partial charge in [0.2, 0.25) is 0 Å². The molecule has 148 valence electrons. The summed E-state index contributed by atoms with van der Waals surface area (Å²) in [5, 5.41) is 11.7. The molecule has 0 saturated carbocycles. The maximum absolute atomic E-state index is 12.7. The van der Waals surface area contributed by atoms with Gasteiger partial charge in [-0.1, -0.05) is 38.1 Å². The van der Waals surface area contributed by atoms with E-state index < -0.39 is 0 Å². The average Bonchev–Trinajstić information content (AvgIpc) is 3.30. The molecule has 3 aromatic rings. The molecular weight excluding hydrogens is 352 g/mol. The average molecular weight is 380 g/mol. The second kappa shape index (κ2) is 7.96. The topological polar surface area (TPSA) is 77.6 Å². The summed E-state index contributed by atoms with van der Waals surface area (Å²) in [4.78, 5) is 16.7. The molecule has 0 radical (unpaired) electrons. The molecule has 0 spiro atoms. The molecule has 0 fully saturated rings. The van der Waals surface area contributed by atoms with Crippen molar-refractivity contribution in [2.24, 2.45) is 0 Å². The molecular formula is C21H28N6O. The van der Waals surface area contributed by atoms with Crippen LogP contribution in [0.5, 0.6) is 0 Å². The first kappa shape index (κ1) is 19.8. The Morgan fingerprint density at radius 3 is 2.46 bits per heavy atom. The normalized spacial score (nSPS) is 11.8. The minimum absolute atomic E-state index is 0.166. The van der Waals surface area contributed by atoms with Gasteiger partial charge in [0.1, 0.15) is 18.3 Å². The molecule has 7 nitrogen and oxygen atoms in total. The summed E-state index contributed by atoms with van der Waals surface area (Å²) in [5.41, 5.74) is 3.47. The van der Waals surface area contributed by atoms with Gasteiger partial charge in [-0.2, -0.15) is 10.2 Å². The highest BCUT2D eigenvalue weighted by atomic mass is 16.1. The van der Waals surface area contributed by atoms with Crippen molar-refractivity contribution in [3.63, 3.8) is 0 Å². The van der Waals surface area contributed by atoms with Gasteiger partial charge in [0.25, 0.3) is 5.91 Å². The highest BCUT2D eigenvalue weighted by molar-refractivity contribution is 5.92. The monoisotopic (exact) mass is 380 g/mol. The Labute approximate surface area is 165 Å². The smallest absolute Gasteiger partial charge is 0.272 e. The van der Waals surface area contributed by atoms with E-state index in [1.807, 2.05) is 35.0 Å². The molecule has 0 saturated heterocycles. The number of aromatic nitrogens is 5. The molecule has 2 aromatic heterocycles. The summed E-state index contributed by atoms with van der Waals surface area (Å²) in [7, 11) is 0. The number of amides is 1. The molecule has 0 atom stereocenters. The Kier molecular flexibility index (Phi) is 5.63. The Bertz CT molecular complexity index is 934. The van der Waals surface area contributed by atoms with Crippen LogP contribution >= 0.6 is 0 Å². The third kappa shape index (κ3) is 4.47. The van der Waals surface area contributed by atoms with Gasteiger partial charge in [0.05, 0.1) is 12.1 Å². The Balaban J connectivity index is 1.75. The summed E-state index contributed by atoms with van der Waals surface area (Å²) in [6.07, 6.45) is 3.20. The fourth-order valence-corrected chi connectivity index (χ4v) is 3.09. The molecule has 28 heavy (non-hydrogen) atoms. The first-order chi connectivity index (χ1) is 13.3. The van der Waals surface area contributed by atoms with Gasteiger partial charge in [-0.05, 0) is 43.9 Å². The molecule has 0 bridgehead atoms. The van der Waals surface area contributed by atoms with Crippen molar-refractivity contribution in [3.8, 4) is 0 Å². The Hall–Kier alpha value is -2.96. The lowest BCUT2D eigenvalue weighted by atomic mass is 10.1. The third-order valence-electron chi connectivity index (χ3n) is 4.55. The number of hydrogen-bond acceptors (Lipinski definition) is 4. The SMILES string of the molecule is CC(C)c1cc(C(=O)NCc2ccccc2Cn2cncn2)nn1C(C)(C)C. The summed E-state index contributed by atoms with van der Waals surface area (Å²) >= 11 is 0. The van der Waals surface area contributed by atoms with Crippen LogP contribution in [0.15, 0.2) is 43.0 Å². The van der Waals surface area contributed by atoms with Gasteiger partial charge in [0.15, 0.2) is 0 Å². The van der Waals surface area contributed by atoms with Crippen LogP contribution < -0.4 is 5.32 Å². The first-order valence-corrected chi connectivity index (χ1v) is 9.53. The van der Waals surface area contributed by atoms with Gasteiger partial charge >= 0.3 is 0 Å². The number of rotatable bonds is 6. The van der Waals surface area contributed by atoms with Crippen LogP contribution in [0.3, 0.4) is 0 Å². The van der Waals surface area contributed by atoms with Crippen molar-refractivity contribution < 1.29 is 4.79 Å². The van der Waals surface area contributed by atoms with E-state index >= 15 is 0 Å². The van der Waals surface area contributed by atoms with Crippen LogP contribution in [0, 0.1) is 0 Å². The molecule has 3 rings (SSSR count). The molecule has 2 heterocycles. The highest BCUT2D eigenvalue weighted by Gasteiger charge is 2.23. The molecule has 0 aliphatic heterocycles. The van der Waals surface area contributed by atoms with Gasteiger partial charge in [-0.15, -0.1) is 0 Å². The molecule has 1 amide bonds. The third-order valence-corrected chi connectivity index (χ3v) is 4.55. The predicted molar refractivity (Wildman–Crippen MR) is 108 cm³/mol. The Morgan fingerprint density at radius 1 is 1.18 bits per heavy atom. The standard InChI is InChI=1S/C21H28N6O/c1-15(2)19-10-18(25-27(19)21(3,4)5)20(28)23-11-16-8-6-7-9-17(16)12-26-14-22-13-24-26/h6-10,13-15H,11-12H2,1-5H3,(H,23,28). The van der Waals surface area contributed by atoms with E-state index in [0.717, 1.165) is 16.8 Å². The van der Waals surface area contributed by atoms with E-state index in [9.17, 15) is 4.79 Å². The fraction of sp³-hybridized carbons (Fsp3) is 0.429. The van der Waals surface area contributed by atoms with Gasteiger partial charge < -0.3 is 5.32 Å². The second-order valence-electron chi connectivity index (χ2n) is 8.24. The van der Waals surface area contributed by atoms with Crippen molar-refractivity contribution in [1.82, 2.24) is 29.9 Å². The quantitative estimate of drug-likeness (QED) is 0.711. The zero-order valence-corrected chi connectivity index (χ0v) is 17.2. The molecule has 0 aliphatic carbocycles. The lowest BCUT2D eigenvalue weighted by Crippen LogP contribution is -2.27. The summed E-state index contributed by atoms with van der Waals surface area (Å²) in [5.74, 6) is 0.122. The zero-order valence-electron chi connectivity index (χ0n) is 17.2. The van der Waals surface area contributed by atoms with Crippen molar-refractivity contribution >= 4 is 5.91 Å². The van der Waals surface area contributed by atoms with Crippen molar-refractivity contribution in [1.29, 1.82) is 0 Å². The van der Waals surface area contributed by atoms with Gasteiger partial charge in [-0.3, -0.25) is 9.48 Å². The largest absolute Gasteiger partial charge is 0.347 e. The second-order valence-corrected chi connectivity index (χ2v) is 8.24. The van der Waals surface area contributed by atoms with Crippen LogP contribution in [0.25, 0.3) is 0 Å². The van der Waals surface area contributed by atoms with Crippen LogP contribution in [-0.2, 0) is 18.6 Å². The van der Waals surface area contributed by atoms with E-state index in [1.54, 1.807) is 11.0 Å². The van der Waals surface area contributed by atoms with Crippen LogP contribution in [0.4, 0.5) is 0 Å². The first-order valence-electron chi connectivity index (χ1n) is 9.53. The van der Waals surface area contributed by atoms with Crippen LogP contribution in [0.1, 0.15) is 67.8 Å². The number of carbonyl (C=O) groups excluding carboxylic acids is 1. The van der Waals surface area contributed by atoms with Crippen LogP contribution in [0.2, 0.25) is 0 Å². The maximum Gasteiger partial charge on any atom is 0.272 e. The number of nitrogens with one attached hydrogen (secondary N) is 1. The molecule has 7 heteroatoms. The van der Waals surface area contributed by atoms with E-state index in [-0.39, 0.29) is 17.4 Å². The van der Waals surface area contributed by atoms with Crippen molar-refractivity contribution in [3.05, 3.63) is 65.5 Å². The highest BCUT2D eigenvalue weighted by Crippen LogP contribution is 2.23. The molecule has 1 aromatic carbocycles. The summed E-state index contributed by atoms with van der Waals surface area (Å²) < 4.78 is 3.71. The maximum atomic E-state index is 12.7. The van der Waals surface area contributed by atoms with Crippen molar-refractivity contribution in [2.45, 2.75) is 59.2 Å². The minimum Gasteiger partial charge on any atom is -0.347 e. The Morgan fingerprint density at radius 2 is 1.89 bits per heavy atom. The van der Waals surface area contributed by atoms with Crippen LogP contribution in [-0.4, -0.2) is 30.5 Å². The van der Waals surface area contributed by atoms with E-state index in [1.165, 1.54) is 6.33 Å². The van der Waals surface area contributed by atoms with Gasteiger partial charge in [-0.25, -0.2) is 9.67 Å². The minimum atomic E-state index is -0.178. The number of hydrogen-bond donors (Lipinski definition) is 1. The predicted octanol–water partition coefficient (Wildman–Crippen LogP) is 3.33.